The SMILES string of the molecule is CCOC(=O)c1c(NC(=O)COC(=O)c2sc(C)nc2C)oc(C)c1C(C)=O. The van der Waals surface area contributed by atoms with Gasteiger partial charge in [0, 0.05) is 0 Å². The van der Waals surface area contributed by atoms with Gasteiger partial charge in [-0.1, -0.05) is 0 Å². The lowest BCUT2D eigenvalue weighted by Crippen LogP contribution is -2.22. The first-order valence-corrected chi connectivity index (χ1v) is 9.19. The van der Waals surface area contributed by atoms with Crippen molar-refractivity contribution in [1.82, 2.24) is 4.98 Å². The van der Waals surface area contributed by atoms with Crippen molar-refractivity contribution >= 4 is 40.9 Å². The maximum absolute atomic E-state index is 12.2. The van der Waals surface area contributed by atoms with Gasteiger partial charge in [0.15, 0.2) is 12.4 Å². The van der Waals surface area contributed by atoms with Crippen molar-refractivity contribution in [2.24, 2.45) is 0 Å². The second kappa shape index (κ2) is 8.79. The number of Topliss-reactive ketones (excluding diaryl/α,β-unsaturated/α-hetero) is 1. The number of rotatable bonds is 7. The predicted molar refractivity (Wildman–Crippen MR) is 99.9 cm³/mol. The van der Waals surface area contributed by atoms with E-state index in [0.717, 1.165) is 11.3 Å². The lowest BCUT2D eigenvalue weighted by Gasteiger charge is -2.07. The summed E-state index contributed by atoms with van der Waals surface area (Å²) in [4.78, 5) is 52.7. The van der Waals surface area contributed by atoms with Crippen LogP contribution < -0.4 is 5.32 Å². The largest absolute Gasteiger partial charge is 0.462 e. The third-order valence-electron chi connectivity index (χ3n) is 3.59. The molecule has 2 aromatic rings. The molecule has 0 fully saturated rings. The summed E-state index contributed by atoms with van der Waals surface area (Å²) in [7, 11) is 0. The first-order chi connectivity index (χ1) is 13.1. The molecule has 1 N–H and O–H groups in total. The molecule has 2 heterocycles. The molecule has 0 spiro atoms. The highest BCUT2D eigenvalue weighted by Crippen LogP contribution is 2.28. The topological polar surface area (TPSA) is 125 Å². The summed E-state index contributed by atoms with van der Waals surface area (Å²) in [6.07, 6.45) is 0. The van der Waals surface area contributed by atoms with Crippen LogP contribution in [0.5, 0.6) is 0 Å². The number of esters is 2. The number of aryl methyl sites for hydroxylation is 3. The van der Waals surface area contributed by atoms with Gasteiger partial charge in [0.25, 0.3) is 5.91 Å². The summed E-state index contributed by atoms with van der Waals surface area (Å²) >= 11 is 1.16. The van der Waals surface area contributed by atoms with E-state index in [1.165, 1.54) is 13.8 Å². The lowest BCUT2D eigenvalue weighted by molar-refractivity contribution is -0.119. The van der Waals surface area contributed by atoms with Crippen LogP contribution in [0, 0.1) is 20.8 Å². The predicted octanol–water partition coefficient (Wildman–Crippen LogP) is 2.84. The second-order valence-corrected chi connectivity index (χ2v) is 6.99. The van der Waals surface area contributed by atoms with Gasteiger partial charge in [-0.3, -0.25) is 14.9 Å². The van der Waals surface area contributed by atoms with E-state index in [-0.39, 0.29) is 29.4 Å². The quantitative estimate of drug-likeness (QED) is 0.548. The van der Waals surface area contributed by atoms with Crippen molar-refractivity contribution in [2.75, 3.05) is 18.5 Å². The Morgan fingerprint density at radius 3 is 2.29 bits per heavy atom. The number of nitrogens with zero attached hydrogens (tertiary/aromatic N) is 1. The van der Waals surface area contributed by atoms with Crippen molar-refractivity contribution in [2.45, 2.75) is 34.6 Å². The lowest BCUT2D eigenvalue weighted by atomic mass is 10.1. The van der Waals surface area contributed by atoms with Crippen molar-refractivity contribution in [1.29, 1.82) is 0 Å². The molecule has 9 nitrogen and oxygen atoms in total. The molecular formula is C18H20N2O7S. The zero-order valence-corrected chi connectivity index (χ0v) is 16.9. The van der Waals surface area contributed by atoms with Gasteiger partial charge in [-0.25, -0.2) is 14.6 Å². The fourth-order valence-corrected chi connectivity index (χ4v) is 3.35. The van der Waals surface area contributed by atoms with E-state index in [0.29, 0.717) is 15.6 Å². The van der Waals surface area contributed by atoms with E-state index in [9.17, 15) is 19.2 Å². The van der Waals surface area contributed by atoms with Gasteiger partial charge in [-0.15, -0.1) is 11.3 Å². The first-order valence-electron chi connectivity index (χ1n) is 8.38. The number of aromatic nitrogens is 1. The molecule has 0 aromatic carbocycles. The minimum Gasteiger partial charge on any atom is -0.462 e. The summed E-state index contributed by atoms with van der Waals surface area (Å²) in [6.45, 7) is 7.27. The van der Waals surface area contributed by atoms with Gasteiger partial charge in [0.2, 0.25) is 5.88 Å². The van der Waals surface area contributed by atoms with E-state index >= 15 is 0 Å². The molecule has 0 aliphatic heterocycles. The van der Waals surface area contributed by atoms with Crippen molar-refractivity contribution in [3.63, 3.8) is 0 Å². The Kier molecular flexibility index (Phi) is 6.68. The number of carbonyl (C=O) groups is 4. The zero-order valence-electron chi connectivity index (χ0n) is 16.1. The number of thiazole rings is 1. The zero-order chi connectivity index (χ0) is 21.0. The highest BCUT2D eigenvalue weighted by Gasteiger charge is 2.29. The molecule has 0 aliphatic carbocycles. The smallest absolute Gasteiger partial charge is 0.350 e. The number of hydrogen-bond acceptors (Lipinski definition) is 9. The molecule has 0 saturated heterocycles. The molecule has 150 valence electrons. The van der Waals surface area contributed by atoms with Crippen LogP contribution in [0.15, 0.2) is 4.42 Å². The Balaban J connectivity index is 2.14. The van der Waals surface area contributed by atoms with Crippen molar-refractivity contribution in [3.05, 3.63) is 32.5 Å². The van der Waals surface area contributed by atoms with Gasteiger partial charge in [-0.05, 0) is 34.6 Å². The Hall–Kier alpha value is -3.01. The van der Waals surface area contributed by atoms with Crippen LogP contribution in [-0.2, 0) is 14.3 Å². The van der Waals surface area contributed by atoms with Crippen LogP contribution in [-0.4, -0.2) is 41.8 Å². The molecule has 0 aliphatic rings. The molecule has 2 rings (SSSR count). The van der Waals surface area contributed by atoms with Gasteiger partial charge >= 0.3 is 11.9 Å². The fraction of sp³-hybridized carbons (Fsp3) is 0.389. The Bertz CT molecular complexity index is 942. The monoisotopic (exact) mass is 408 g/mol. The molecule has 2 aromatic heterocycles. The molecule has 0 unspecified atom stereocenters. The average Bonchev–Trinajstić information content (AvgIpc) is 3.11. The summed E-state index contributed by atoms with van der Waals surface area (Å²) in [5.41, 5.74) is 0.382. The number of ketones is 1. The number of anilines is 1. The Morgan fingerprint density at radius 2 is 1.75 bits per heavy atom. The minimum atomic E-state index is -0.799. The third kappa shape index (κ3) is 4.63. The number of nitrogens with one attached hydrogen (secondary N) is 1. The van der Waals surface area contributed by atoms with E-state index < -0.39 is 30.2 Å². The summed E-state index contributed by atoms with van der Waals surface area (Å²) < 4.78 is 15.3. The Labute approximate surface area is 165 Å². The van der Waals surface area contributed by atoms with E-state index in [1.54, 1.807) is 20.8 Å². The normalized spacial score (nSPS) is 10.5. The van der Waals surface area contributed by atoms with Gasteiger partial charge in [-0.2, -0.15) is 0 Å². The molecular weight excluding hydrogens is 388 g/mol. The highest BCUT2D eigenvalue weighted by atomic mass is 32.1. The maximum Gasteiger partial charge on any atom is 0.350 e. The number of carbonyl (C=O) groups excluding carboxylic acids is 4. The number of furan rings is 1. The molecule has 0 bridgehead atoms. The van der Waals surface area contributed by atoms with E-state index in [1.807, 2.05) is 0 Å². The molecule has 0 radical (unpaired) electrons. The van der Waals surface area contributed by atoms with E-state index in [2.05, 4.69) is 10.3 Å². The van der Waals surface area contributed by atoms with Crippen LogP contribution in [0.4, 0.5) is 5.88 Å². The second-order valence-electron chi connectivity index (χ2n) is 5.79. The summed E-state index contributed by atoms with van der Waals surface area (Å²) in [6, 6.07) is 0. The van der Waals surface area contributed by atoms with Crippen LogP contribution in [0.25, 0.3) is 0 Å². The highest BCUT2D eigenvalue weighted by molar-refractivity contribution is 7.13. The van der Waals surface area contributed by atoms with Crippen LogP contribution in [0.3, 0.4) is 0 Å². The van der Waals surface area contributed by atoms with Gasteiger partial charge in [0.1, 0.15) is 16.2 Å². The molecule has 28 heavy (non-hydrogen) atoms. The summed E-state index contributed by atoms with van der Waals surface area (Å²) in [5, 5.41) is 3.05. The molecule has 1 amide bonds. The fourth-order valence-electron chi connectivity index (χ4n) is 2.53. The molecule has 10 heteroatoms. The van der Waals surface area contributed by atoms with Gasteiger partial charge in [0.05, 0.1) is 22.9 Å². The number of amides is 1. The number of hydrogen-bond donors (Lipinski definition) is 1. The maximum atomic E-state index is 12.2. The Morgan fingerprint density at radius 1 is 1.07 bits per heavy atom. The van der Waals surface area contributed by atoms with E-state index in [4.69, 9.17) is 13.9 Å². The summed E-state index contributed by atoms with van der Waals surface area (Å²) in [5.74, 6) is -2.68. The number of ether oxygens (including phenoxy) is 2. The van der Waals surface area contributed by atoms with Crippen LogP contribution >= 0.6 is 11.3 Å². The standard InChI is InChI=1S/C18H20N2O7S/c1-6-25-17(23)14-13(9(3)21)10(4)27-16(14)20-12(22)7-26-18(24)15-8(2)19-11(5)28-15/h6-7H2,1-5H3,(H,20,22). The molecule has 0 atom stereocenters. The van der Waals surface area contributed by atoms with Gasteiger partial charge < -0.3 is 13.9 Å². The van der Waals surface area contributed by atoms with Crippen LogP contribution in [0.1, 0.15) is 60.7 Å². The van der Waals surface area contributed by atoms with Crippen molar-refractivity contribution in [3.8, 4) is 0 Å². The van der Waals surface area contributed by atoms with Crippen LogP contribution in [0.2, 0.25) is 0 Å². The first kappa shape index (κ1) is 21.3. The molecule has 0 saturated carbocycles. The third-order valence-corrected chi connectivity index (χ3v) is 4.65. The van der Waals surface area contributed by atoms with Crippen molar-refractivity contribution < 1.29 is 33.1 Å². The average molecular weight is 408 g/mol. The minimum absolute atomic E-state index is 0.0292.